The lowest BCUT2D eigenvalue weighted by Gasteiger charge is -2.07. The zero-order chi connectivity index (χ0) is 17.9. The highest BCUT2D eigenvalue weighted by Crippen LogP contribution is 2.30. The molecule has 0 fully saturated rings. The van der Waals surface area contributed by atoms with Crippen LogP contribution in [0.5, 0.6) is 0 Å². The Kier molecular flexibility index (Phi) is 5.79. The number of rotatable bonds is 8. The van der Waals surface area contributed by atoms with Crippen LogP contribution in [0.15, 0.2) is 36.4 Å². The second kappa shape index (κ2) is 7.46. The third kappa shape index (κ3) is 4.43. The molecular formula is C17H22N2O3S2. The lowest BCUT2D eigenvalue weighted by molar-refractivity contribution is 0.104. The summed E-state index contributed by atoms with van der Waals surface area (Å²) in [6.07, 6.45) is 5.35. The monoisotopic (exact) mass is 366 g/mol. The average Bonchev–Trinajstić information content (AvgIpc) is 3.00. The lowest BCUT2D eigenvalue weighted by atomic mass is 10.1. The molecule has 2 rings (SSSR count). The summed E-state index contributed by atoms with van der Waals surface area (Å²) in [7, 11) is -3.16. The lowest BCUT2D eigenvalue weighted by Crippen LogP contribution is -2.23. The maximum atomic E-state index is 12.3. The molecule has 130 valence electrons. The molecule has 0 aliphatic heterocycles. The highest BCUT2D eigenvalue weighted by molar-refractivity contribution is 7.88. The summed E-state index contributed by atoms with van der Waals surface area (Å²) in [5.41, 5.74) is 1.57. The molecule has 2 aromatic heterocycles. The Morgan fingerprint density at radius 3 is 2.75 bits per heavy atom. The fraction of sp³-hybridized carbons (Fsp3) is 0.353. The van der Waals surface area contributed by atoms with Crippen LogP contribution in [-0.2, 0) is 16.6 Å². The zero-order valence-corrected chi connectivity index (χ0v) is 15.8. The quantitative estimate of drug-likeness (QED) is 0.337. The van der Waals surface area contributed by atoms with E-state index >= 15 is 0 Å². The van der Waals surface area contributed by atoms with Crippen LogP contribution >= 0.6 is 11.3 Å². The van der Waals surface area contributed by atoms with Crippen LogP contribution in [0.2, 0.25) is 0 Å². The van der Waals surface area contributed by atoms with Gasteiger partial charge in [0.25, 0.3) is 0 Å². The summed E-state index contributed by atoms with van der Waals surface area (Å²) in [4.78, 5) is 14.0. The molecule has 7 heteroatoms. The minimum Gasteiger partial charge on any atom is -0.337 e. The number of nitrogens with zero attached hydrogens (tertiary/aromatic N) is 1. The molecule has 0 unspecified atom stereocenters. The topological polar surface area (TPSA) is 68.2 Å². The number of aryl methyl sites for hydroxylation is 2. The van der Waals surface area contributed by atoms with Crippen LogP contribution < -0.4 is 4.72 Å². The van der Waals surface area contributed by atoms with Gasteiger partial charge in [-0.3, -0.25) is 4.79 Å². The van der Waals surface area contributed by atoms with Gasteiger partial charge in [-0.25, -0.2) is 13.1 Å². The summed E-state index contributed by atoms with van der Waals surface area (Å²) in [6, 6.07) is 3.94. The molecule has 0 saturated carbocycles. The van der Waals surface area contributed by atoms with Gasteiger partial charge < -0.3 is 4.57 Å². The van der Waals surface area contributed by atoms with Crippen LogP contribution in [0, 0.1) is 6.92 Å². The second-order valence-electron chi connectivity index (χ2n) is 5.68. The summed E-state index contributed by atoms with van der Waals surface area (Å²) >= 11 is 1.45. The van der Waals surface area contributed by atoms with Gasteiger partial charge in [-0.1, -0.05) is 18.7 Å². The van der Waals surface area contributed by atoms with Gasteiger partial charge in [-0.05, 0) is 32.4 Å². The van der Waals surface area contributed by atoms with Gasteiger partial charge in [0.2, 0.25) is 15.8 Å². The van der Waals surface area contributed by atoms with Crippen molar-refractivity contribution < 1.29 is 13.2 Å². The second-order valence-corrected chi connectivity index (χ2v) is 8.55. The van der Waals surface area contributed by atoms with E-state index < -0.39 is 10.0 Å². The SMILES string of the molecule is C=C(C=CC)C(=O)c1cc2cc(C)n(CCCNS(C)(=O)=O)c2s1. The highest BCUT2D eigenvalue weighted by Gasteiger charge is 2.15. The minimum absolute atomic E-state index is 0.0581. The van der Waals surface area contributed by atoms with E-state index in [9.17, 15) is 13.2 Å². The van der Waals surface area contributed by atoms with Gasteiger partial charge >= 0.3 is 0 Å². The van der Waals surface area contributed by atoms with Gasteiger partial charge in [-0.2, -0.15) is 0 Å². The fourth-order valence-electron chi connectivity index (χ4n) is 2.49. The molecule has 0 bridgehead atoms. The summed E-state index contributed by atoms with van der Waals surface area (Å²) < 4.78 is 26.8. The van der Waals surface area contributed by atoms with E-state index in [0.29, 0.717) is 30.0 Å². The molecule has 0 radical (unpaired) electrons. The Hall–Kier alpha value is -1.70. The van der Waals surface area contributed by atoms with Crippen molar-refractivity contribution in [3.63, 3.8) is 0 Å². The first-order valence-electron chi connectivity index (χ1n) is 7.63. The van der Waals surface area contributed by atoms with E-state index in [-0.39, 0.29) is 5.78 Å². The molecule has 1 N–H and O–H groups in total. The number of carbonyl (C=O) groups excluding carboxylic acids is 1. The molecule has 0 amide bonds. The molecule has 0 aliphatic rings. The number of Topliss-reactive ketones (excluding diaryl/α,β-unsaturated/α-hetero) is 1. The Labute approximate surface area is 146 Å². The van der Waals surface area contributed by atoms with Crippen LogP contribution in [0.3, 0.4) is 0 Å². The molecule has 0 aliphatic carbocycles. The predicted molar refractivity (Wildman–Crippen MR) is 100 cm³/mol. The molecule has 2 aromatic rings. The minimum atomic E-state index is -3.16. The van der Waals surface area contributed by atoms with Crippen LogP contribution in [0.25, 0.3) is 10.2 Å². The summed E-state index contributed by atoms with van der Waals surface area (Å²) in [5, 5.41) is 1.03. The number of allylic oxidation sites excluding steroid dienone is 3. The first-order chi connectivity index (χ1) is 11.2. The number of nitrogens with one attached hydrogen (secondary N) is 1. The van der Waals surface area contributed by atoms with Crippen molar-refractivity contribution in [2.75, 3.05) is 12.8 Å². The Balaban J connectivity index is 2.17. The normalized spacial score (nSPS) is 12.3. The summed E-state index contributed by atoms with van der Waals surface area (Å²) in [6.45, 7) is 8.75. The van der Waals surface area contributed by atoms with Gasteiger partial charge in [0.15, 0.2) is 0 Å². The third-order valence-corrected chi connectivity index (χ3v) is 5.48. The van der Waals surface area contributed by atoms with Crippen molar-refractivity contribution in [1.29, 1.82) is 0 Å². The van der Waals surface area contributed by atoms with Crippen molar-refractivity contribution in [1.82, 2.24) is 9.29 Å². The number of thiophene rings is 1. The largest absolute Gasteiger partial charge is 0.337 e. The molecule has 0 saturated heterocycles. The first kappa shape index (κ1) is 18.6. The van der Waals surface area contributed by atoms with Crippen molar-refractivity contribution in [2.24, 2.45) is 0 Å². The van der Waals surface area contributed by atoms with Gasteiger partial charge in [0, 0.05) is 29.7 Å². The number of ketones is 1. The molecule has 24 heavy (non-hydrogen) atoms. The first-order valence-corrected chi connectivity index (χ1v) is 10.3. The van der Waals surface area contributed by atoms with E-state index in [1.165, 1.54) is 11.3 Å². The number of aromatic nitrogens is 1. The van der Waals surface area contributed by atoms with Crippen molar-refractivity contribution in [3.8, 4) is 0 Å². The number of hydrogen-bond donors (Lipinski definition) is 1. The van der Waals surface area contributed by atoms with E-state index in [0.717, 1.165) is 22.2 Å². The standard InChI is InChI=1S/C17H22N2O3S2/c1-5-7-12(2)16(20)15-11-14-10-13(3)19(17(14)23-15)9-6-8-18-24(4,21)22/h5,7,10-11,18H,2,6,8-9H2,1,3-4H3. The fourth-order valence-corrected chi connectivity index (χ4v) is 4.21. The van der Waals surface area contributed by atoms with Crippen molar-refractivity contribution in [3.05, 3.63) is 47.0 Å². The Morgan fingerprint density at radius 1 is 1.42 bits per heavy atom. The molecule has 0 aromatic carbocycles. The smallest absolute Gasteiger partial charge is 0.208 e. The van der Waals surface area contributed by atoms with Gasteiger partial charge in [0.1, 0.15) is 4.83 Å². The van der Waals surface area contributed by atoms with E-state index in [1.54, 1.807) is 12.2 Å². The van der Waals surface area contributed by atoms with E-state index in [1.807, 2.05) is 26.0 Å². The number of sulfonamides is 1. The van der Waals surface area contributed by atoms with Gasteiger partial charge in [-0.15, -0.1) is 11.3 Å². The average molecular weight is 367 g/mol. The number of fused-ring (bicyclic) bond motifs is 1. The Bertz CT molecular complexity index is 902. The van der Waals surface area contributed by atoms with E-state index in [2.05, 4.69) is 15.9 Å². The van der Waals surface area contributed by atoms with Crippen LogP contribution in [0.4, 0.5) is 0 Å². The number of hydrogen-bond acceptors (Lipinski definition) is 4. The van der Waals surface area contributed by atoms with Crippen LogP contribution in [-0.4, -0.2) is 31.6 Å². The van der Waals surface area contributed by atoms with Gasteiger partial charge in [0.05, 0.1) is 11.1 Å². The molecule has 0 atom stereocenters. The molecule has 0 spiro atoms. The maximum Gasteiger partial charge on any atom is 0.208 e. The summed E-state index contributed by atoms with van der Waals surface area (Å²) in [5.74, 6) is -0.0581. The number of carbonyl (C=O) groups is 1. The highest BCUT2D eigenvalue weighted by atomic mass is 32.2. The van der Waals surface area contributed by atoms with E-state index in [4.69, 9.17) is 0 Å². The predicted octanol–water partition coefficient (Wildman–Crippen LogP) is 3.27. The maximum absolute atomic E-state index is 12.3. The van der Waals surface area contributed by atoms with Crippen molar-refractivity contribution in [2.45, 2.75) is 26.8 Å². The Morgan fingerprint density at radius 2 is 2.12 bits per heavy atom. The molecule has 5 nitrogen and oxygen atoms in total. The van der Waals surface area contributed by atoms with Crippen LogP contribution in [0.1, 0.15) is 28.7 Å². The zero-order valence-electron chi connectivity index (χ0n) is 14.1. The molecular weight excluding hydrogens is 344 g/mol. The molecule has 2 heterocycles. The van der Waals surface area contributed by atoms with Crippen molar-refractivity contribution >= 4 is 37.4 Å². The third-order valence-electron chi connectivity index (χ3n) is 3.58.